The Hall–Kier alpha value is -1.74. The number of anilines is 1. The summed E-state index contributed by atoms with van der Waals surface area (Å²) in [6.45, 7) is 5.95. The number of hydrogen-bond acceptors (Lipinski definition) is 3. The van der Waals surface area contributed by atoms with Crippen molar-refractivity contribution in [1.82, 2.24) is 4.98 Å². The second-order valence-electron chi connectivity index (χ2n) is 4.72. The van der Waals surface area contributed by atoms with Gasteiger partial charge in [0.2, 0.25) is 0 Å². The Morgan fingerprint density at radius 1 is 1.26 bits per heavy atom. The average Bonchev–Trinajstić information content (AvgIpc) is 2.37. The number of nitrogens with one attached hydrogen (secondary N) is 1. The van der Waals surface area contributed by atoms with E-state index in [1.54, 1.807) is 12.3 Å². The molecule has 1 atom stereocenters. The Kier molecular flexibility index (Phi) is 3.96. The number of aromatic nitrogens is 1. The zero-order valence-corrected chi connectivity index (χ0v) is 12.0. The molecule has 2 rings (SSSR count). The quantitative estimate of drug-likeness (QED) is 0.825. The normalized spacial score (nSPS) is 12.2. The number of benzene rings is 1. The molecule has 1 aromatic carbocycles. The predicted octanol–water partition coefficient (Wildman–Crippen LogP) is 4.23. The molecular formula is C15H17ClN2O. The van der Waals surface area contributed by atoms with Crippen LogP contribution in [0.5, 0.6) is 5.75 Å². The third-order valence-electron chi connectivity index (χ3n) is 3.12. The monoisotopic (exact) mass is 276 g/mol. The average molecular weight is 277 g/mol. The van der Waals surface area contributed by atoms with Crippen molar-refractivity contribution in [2.24, 2.45) is 0 Å². The molecule has 0 saturated carbocycles. The molecule has 0 fully saturated rings. The number of nitrogens with zero attached hydrogens (tertiary/aromatic N) is 1. The summed E-state index contributed by atoms with van der Waals surface area (Å²) in [5, 5.41) is 13.7. The summed E-state index contributed by atoms with van der Waals surface area (Å²) in [5.74, 6) is 0.281. The van der Waals surface area contributed by atoms with Gasteiger partial charge in [0.25, 0.3) is 0 Å². The van der Waals surface area contributed by atoms with Gasteiger partial charge in [-0.2, -0.15) is 0 Å². The first-order chi connectivity index (χ1) is 8.99. The van der Waals surface area contributed by atoms with Gasteiger partial charge in [-0.1, -0.05) is 29.3 Å². The summed E-state index contributed by atoms with van der Waals surface area (Å²) < 4.78 is 0. The van der Waals surface area contributed by atoms with Gasteiger partial charge in [0.15, 0.2) is 5.15 Å². The molecule has 0 aliphatic heterocycles. The van der Waals surface area contributed by atoms with Crippen molar-refractivity contribution in [3.63, 3.8) is 0 Å². The first kappa shape index (κ1) is 13.7. The van der Waals surface area contributed by atoms with Crippen LogP contribution in [0.1, 0.15) is 29.7 Å². The first-order valence-electron chi connectivity index (χ1n) is 6.16. The molecule has 0 aliphatic rings. The molecular weight excluding hydrogens is 260 g/mol. The van der Waals surface area contributed by atoms with E-state index in [4.69, 9.17) is 11.6 Å². The molecule has 100 valence electrons. The van der Waals surface area contributed by atoms with Gasteiger partial charge in [-0.15, -0.1) is 0 Å². The molecule has 0 bridgehead atoms. The van der Waals surface area contributed by atoms with Gasteiger partial charge in [0.1, 0.15) is 5.75 Å². The second kappa shape index (κ2) is 5.49. The third-order valence-corrected chi connectivity index (χ3v) is 3.41. The Bertz CT molecular complexity index is 578. The summed E-state index contributed by atoms with van der Waals surface area (Å²) in [6, 6.07) is 7.40. The van der Waals surface area contributed by atoms with Crippen LogP contribution in [0, 0.1) is 13.8 Å². The van der Waals surface area contributed by atoms with Crippen molar-refractivity contribution in [3.8, 4) is 5.75 Å². The first-order valence-corrected chi connectivity index (χ1v) is 6.54. The van der Waals surface area contributed by atoms with Crippen LogP contribution < -0.4 is 5.32 Å². The SMILES string of the molecule is Cc1ccc(O)c(C(C)Nc2c(C)ccnc2Cl)c1. The number of phenolic OH excluding ortho intramolecular Hbond substituents is 1. The van der Waals surface area contributed by atoms with Gasteiger partial charge < -0.3 is 10.4 Å². The van der Waals surface area contributed by atoms with Crippen LogP contribution in [-0.2, 0) is 0 Å². The highest BCUT2D eigenvalue weighted by molar-refractivity contribution is 6.32. The molecule has 0 spiro atoms. The Morgan fingerprint density at radius 3 is 2.68 bits per heavy atom. The maximum atomic E-state index is 9.93. The van der Waals surface area contributed by atoms with Gasteiger partial charge in [0.05, 0.1) is 11.7 Å². The summed E-state index contributed by atoms with van der Waals surface area (Å²) in [5.41, 5.74) is 3.78. The fraction of sp³-hybridized carbons (Fsp3) is 0.267. The standard InChI is InChI=1S/C15H17ClN2O/c1-9-4-5-13(19)12(8-9)11(3)18-14-10(2)6-7-17-15(14)16/h4-8,11,18-19H,1-3H3. The Balaban J connectivity index is 2.31. The number of aromatic hydroxyl groups is 1. The molecule has 2 N–H and O–H groups in total. The molecule has 0 aliphatic carbocycles. The summed E-state index contributed by atoms with van der Waals surface area (Å²) >= 11 is 6.10. The minimum atomic E-state index is -0.0553. The summed E-state index contributed by atoms with van der Waals surface area (Å²) in [7, 11) is 0. The minimum absolute atomic E-state index is 0.0553. The lowest BCUT2D eigenvalue weighted by Gasteiger charge is -2.19. The Labute approximate surface area is 118 Å². The van der Waals surface area contributed by atoms with Gasteiger partial charge in [-0.25, -0.2) is 4.98 Å². The molecule has 1 aromatic heterocycles. The van der Waals surface area contributed by atoms with Crippen molar-refractivity contribution in [2.45, 2.75) is 26.8 Å². The number of halogens is 1. The molecule has 19 heavy (non-hydrogen) atoms. The van der Waals surface area contributed by atoms with Crippen LogP contribution in [0.15, 0.2) is 30.5 Å². The van der Waals surface area contributed by atoms with E-state index in [-0.39, 0.29) is 11.8 Å². The van der Waals surface area contributed by atoms with Gasteiger partial charge in [0, 0.05) is 11.8 Å². The molecule has 2 aromatic rings. The highest BCUT2D eigenvalue weighted by atomic mass is 35.5. The fourth-order valence-electron chi connectivity index (χ4n) is 2.01. The van der Waals surface area contributed by atoms with Gasteiger partial charge in [-0.05, 0) is 38.5 Å². The van der Waals surface area contributed by atoms with Gasteiger partial charge >= 0.3 is 0 Å². The topological polar surface area (TPSA) is 45.1 Å². The van der Waals surface area contributed by atoms with Crippen LogP contribution in [-0.4, -0.2) is 10.1 Å². The molecule has 3 nitrogen and oxygen atoms in total. The molecule has 0 saturated heterocycles. The number of phenols is 1. The van der Waals surface area contributed by atoms with Gasteiger partial charge in [-0.3, -0.25) is 0 Å². The zero-order chi connectivity index (χ0) is 14.0. The van der Waals surface area contributed by atoms with E-state index in [9.17, 15) is 5.11 Å². The fourth-order valence-corrected chi connectivity index (χ4v) is 2.27. The number of aryl methyl sites for hydroxylation is 2. The van der Waals surface area contributed by atoms with Crippen LogP contribution in [0.2, 0.25) is 5.15 Å². The maximum absolute atomic E-state index is 9.93. The minimum Gasteiger partial charge on any atom is -0.508 e. The molecule has 1 heterocycles. The highest BCUT2D eigenvalue weighted by Gasteiger charge is 2.13. The predicted molar refractivity (Wildman–Crippen MR) is 78.9 cm³/mol. The summed E-state index contributed by atoms with van der Waals surface area (Å²) in [4.78, 5) is 4.07. The van der Waals surface area contributed by atoms with E-state index in [1.165, 1.54) is 0 Å². The maximum Gasteiger partial charge on any atom is 0.152 e. The van der Waals surface area contributed by atoms with Crippen LogP contribution >= 0.6 is 11.6 Å². The van der Waals surface area contributed by atoms with Crippen molar-refractivity contribution >= 4 is 17.3 Å². The number of rotatable bonds is 3. The zero-order valence-electron chi connectivity index (χ0n) is 11.2. The lowest BCUT2D eigenvalue weighted by Crippen LogP contribution is -2.09. The van der Waals surface area contributed by atoms with Crippen molar-refractivity contribution < 1.29 is 5.11 Å². The summed E-state index contributed by atoms with van der Waals surface area (Å²) in [6.07, 6.45) is 1.68. The highest BCUT2D eigenvalue weighted by Crippen LogP contribution is 2.31. The van der Waals surface area contributed by atoms with E-state index in [2.05, 4.69) is 10.3 Å². The molecule has 0 amide bonds. The van der Waals surface area contributed by atoms with Crippen molar-refractivity contribution in [3.05, 3.63) is 52.3 Å². The lowest BCUT2D eigenvalue weighted by molar-refractivity contribution is 0.465. The molecule has 4 heteroatoms. The number of pyridine rings is 1. The largest absolute Gasteiger partial charge is 0.508 e. The third kappa shape index (κ3) is 2.99. The van der Waals surface area contributed by atoms with E-state index >= 15 is 0 Å². The van der Waals surface area contributed by atoms with Crippen molar-refractivity contribution in [2.75, 3.05) is 5.32 Å². The van der Waals surface area contributed by atoms with E-state index in [0.29, 0.717) is 5.15 Å². The van der Waals surface area contributed by atoms with E-state index in [1.807, 2.05) is 39.0 Å². The van der Waals surface area contributed by atoms with E-state index < -0.39 is 0 Å². The van der Waals surface area contributed by atoms with E-state index in [0.717, 1.165) is 22.4 Å². The molecule has 1 unspecified atom stereocenters. The van der Waals surface area contributed by atoms with Crippen LogP contribution in [0.25, 0.3) is 0 Å². The second-order valence-corrected chi connectivity index (χ2v) is 5.08. The van der Waals surface area contributed by atoms with Crippen LogP contribution in [0.3, 0.4) is 0 Å². The van der Waals surface area contributed by atoms with Crippen LogP contribution in [0.4, 0.5) is 5.69 Å². The Morgan fingerprint density at radius 2 is 2.00 bits per heavy atom. The number of hydrogen-bond donors (Lipinski definition) is 2. The lowest BCUT2D eigenvalue weighted by atomic mass is 10.0. The van der Waals surface area contributed by atoms with Crippen molar-refractivity contribution in [1.29, 1.82) is 0 Å². The molecule has 0 radical (unpaired) electrons. The smallest absolute Gasteiger partial charge is 0.152 e.